The molecule has 0 saturated heterocycles. The smallest absolute Gasteiger partial charge is 0.217 e. The van der Waals surface area contributed by atoms with Gasteiger partial charge in [-0.1, -0.05) is 20.8 Å². The second kappa shape index (κ2) is 2.98. The number of nitrogens with one attached hydrogen (secondary N) is 1. The third-order valence-electron chi connectivity index (χ3n) is 4.59. The van der Waals surface area contributed by atoms with Gasteiger partial charge in [-0.3, -0.25) is 4.79 Å². The first kappa shape index (κ1) is 10.0. The van der Waals surface area contributed by atoms with Gasteiger partial charge in [0, 0.05) is 13.0 Å². The van der Waals surface area contributed by atoms with Crippen LogP contribution < -0.4 is 5.32 Å². The van der Waals surface area contributed by atoms with Crippen LogP contribution >= 0.6 is 0 Å². The van der Waals surface area contributed by atoms with E-state index in [2.05, 4.69) is 26.1 Å². The van der Waals surface area contributed by atoms with Gasteiger partial charge in [-0.25, -0.2) is 0 Å². The Morgan fingerprint density at radius 2 is 2.07 bits per heavy atom. The Kier molecular flexibility index (Phi) is 2.13. The molecule has 2 aliphatic rings. The van der Waals surface area contributed by atoms with Gasteiger partial charge in [0.15, 0.2) is 0 Å². The first-order valence-electron chi connectivity index (χ1n) is 5.74. The molecule has 0 aromatic carbocycles. The zero-order chi connectivity index (χ0) is 10.5. The summed E-state index contributed by atoms with van der Waals surface area (Å²) in [6.07, 6.45) is 2.60. The Labute approximate surface area is 86.5 Å². The summed E-state index contributed by atoms with van der Waals surface area (Å²) in [5.74, 6) is 2.46. The van der Waals surface area contributed by atoms with Crippen LogP contribution in [-0.4, -0.2) is 11.9 Å². The molecule has 0 aliphatic heterocycles. The number of rotatable bonds is 2. The van der Waals surface area contributed by atoms with Gasteiger partial charge in [0.1, 0.15) is 0 Å². The molecule has 0 aromatic heterocycles. The van der Waals surface area contributed by atoms with Gasteiger partial charge in [0.2, 0.25) is 5.91 Å². The van der Waals surface area contributed by atoms with Gasteiger partial charge in [-0.15, -0.1) is 0 Å². The van der Waals surface area contributed by atoms with Gasteiger partial charge in [-0.2, -0.15) is 0 Å². The van der Waals surface area contributed by atoms with Crippen molar-refractivity contribution in [3.8, 4) is 0 Å². The van der Waals surface area contributed by atoms with Crippen molar-refractivity contribution >= 4 is 5.91 Å². The van der Waals surface area contributed by atoms with E-state index in [-0.39, 0.29) is 5.91 Å². The Morgan fingerprint density at radius 1 is 1.43 bits per heavy atom. The fourth-order valence-electron chi connectivity index (χ4n) is 3.51. The topological polar surface area (TPSA) is 29.1 Å². The molecule has 2 saturated carbocycles. The molecular formula is C12H21NO. The van der Waals surface area contributed by atoms with Crippen molar-refractivity contribution in [2.45, 2.75) is 46.6 Å². The SMILES string of the molecule is CC(=O)N[C@H]1C[C@]2(C(C)C)C[C@@H]2[C@@H]1C. The number of hydrogen-bond acceptors (Lipinski definition) is 1. The highest BCUT2D eigenvalue weighted by Gasteiger charge is 2.64. The molecule has 80 valence electrons. The number of hydrogen-bond donors (Lipinski definition) is 1. The van der Waals surface area contributed by atoms with Crippen molar-refractivity contribution in [1.29, 1.82) is 0 Å². The number of fused-ring (bicyclic) bond motifs is 1. The van der Waals surface area contributed by atoms with E-state index in [0.29, 0.717) is 17.4 Å². The average Bonchev–Trinajstić information content (AvgIpc) is 2.71. The van der Waals surface area contributed by atoms with Gasteiger partial charge in [0.25, 0.3) is 0 Å². The lowest BCUT2D eigenvalue weighted by atomic mass is 9.89. The number of carbonyl (C=O) groups is 1. The second-order valence-corrected chi connectivity index (χ2v) is 5.57. The summed E-state index contributed by atoms with van der Waals surface area (Å²) in [6.45, 7) is 8.56. The molecule has 2 heteroatoms. The predicted molar refractivity (Wildman–Crippen MR) is 56.8 cm³/mol. The molecule has 0 radical (unpaired) electrons. The molecule has 2 fully saturated rings. The van der Waals surface area contributed by atoms with Crippen LogP contribution in [0.5, 0.6) is 0 Å². The minimum absolute atomic E-state index is 0.127. The molecule has 1 amide bonds. The summed E-state index contributed by atoms with van der Waals surface area (Å²) in [5.41, 5.74) is 0.576. The quantitative estimate of drug-likeness (QED) is 0.719. The second-order valence-electron chi connectivity index (χ2n) is 5.57. The summed E-state index contributed by atoms with van der Waals surface area (Å²) in [4.78, 5) is 11.0. The van der Waals surface area contributed by atoms with E-state index in [1.807, 2.05) is 0 Å². The monoisotopic (exact) mass is 195 g/mol. The third-order valence-corrected chi connectivity index (χ3v) is 4.59. The van der Waals surface area contributed by atoms with Crippen molar-refractivity contribution in [3.63, 3.8) is 0 Å². The van der Waals surface area contributed by atoms with Crippen LogP contribution in [0.15, 0.2) is 0 Å². The van der Waals surface area contributed by atoms with Gasteiger partial charge in [0.05, 0.1) is 0 Å². The fourth-order valence-corrected chi connectivity index (χ4v) is 3.51. The van der Waals surface area contributed by atoms with E-state index >= 15 is 0 Å². The minimum atomic E-state index is 0.127. The van der Waals surface area contributed by atoms with E-state index < -0.39 is 0 Å². The van der Waals surface area contributed by atoms with E-state index in [1.54, 1.807) is 6.92 Å². The lowest BCUT2D eigenvalue weighted by Gasteiger charge is -2.22. The van der Waals surface area contributed by atoms with Crippen molar-refractivity contribution in [3.05, 3.63) is 0 Å². The molecule has 0 spiro atoms. The maximum atomic E-state index is 11.0. The van der Waals surface area contributed by atoms with Crippen molar-refractivity contribution in [2.24, 2.45) is 23.2 Å². The van der Waals surface area contributed by atoms with E-state index in [0.717, 1.165) is 11.8 Å². The van der Waals surface area contributed by atoms with E-state index in [1.165, 1.54) is 12.8 Å². The Balaban J connectivity index is 2.03. The number of amides is 1. The lowest BCUT2D eigenvalue weighted by molar-refractivity contribution is -0.120. The fraction of sp³-hybridized carbons (Fsp3) is 0.917. The van der Waals surface area contributed by atoms with Gasteiger partial charge in [-0.05, 0) is 36.0 Å². The molecule has 0 unspecified atom stereocenters. The highest BCUT2D eigenvalue weighted by atomic mass is 16.1. The van der Waals surface area contributed by atoms with Crippen molar-refractivity contribution in [1.82, 2.24) is 5.32 Å². The Bertz CT molecular complexity index is 261. The maximum Gasteiger partial charge on any atom is 0.217 e. The molecule has 0 heterocycles. The third kappa shape index (κ3) is 1.27. The lowest BCUT2D eigenvalue weighted by Crippen LogP contribution is -2.37. The molecular weight excluding hydrogens is 174 g/mol. The molecule has 2 rings (SSSR count). The Hall–Kier alpha value is -0.530. The molecule has 2 aliphatic carbocycles. The molecule has 0 bridgehead atoms. The van der Waals surface area contributed by atoms with Crippen LogP contribution in [-0.2, 0) is 4.79 Å². The summed E-state index contributed by atoms with van der Waals surface area (Å²) in [6, 6.07) is 0.439. The van der Waals surface area contributed by atoms with Crippen LogP contribution in [0.2, 0.25) is 0 Å². The normalized spacial score (nSPS) is 45.1. The molecule has 4 atom stereocenters. The molecule has 0 aromatic rings. The van der Waals surface area contributed by atoms with Crippen LogP contribution in [0.1, 0.15) is 40.5 Å². The summed E-state index contributed by atoms with van der Waals surface area (Å²) < 4.78 is 0. The van der Waals surface area contributed by atoms with Crippen molar-refractivity contribution < 1.29 is 4.79 Å². The van der Waals surface area contributed by atoms with Crippen LogP contribution in [0, 0.1) is 23.2 Å². The first-order valence-corrected chi connectivity index (χ1v) is 5.74. The first-order chi connectivity index (χ1) is 6.47. The minimum Gasteiger partial charge on any atom is -0.353 e. The summed E-state index contributed by atoms with van der Waals surface area (Å²) in [5, 5.41) is 3.09. The Morgan fingerprint density at radius 3 is 2.50 bits per heavy atom. The zero-order valence-corrected chi connectivity index (χ0v) is 9.63. The van der Waals surface area contributed by atoms with Crippen LogP contribution in [0.4, 0.5) is 0 Å². The average molecular weight is 195 g/mol. The predicted octanol–water partition coefficient (Wildman–Crippen LogP) is 2.19. The van der Waals surface area contributed by atoms with E-state index in [9.17, 15) is 4.79 Å². The molecule has 1 N–H and O–H groups in total. The van der Waals surface area contributed by atoms with Gasteiger partial charge >= 0.3 is 0 Å². The van der Waals surface area contributed by atoms with Crippen molar-refractivity contribution in [2.75, 3.05) is 0 Å². The highest BCUT2D eigenvalue weighted by molar-refractivity contribution is 5.73. The van der Waals surface area contributed by atoms with E-state index in [4.69, 9.17) is 0 Å². The molecule has 14 heavy (non-hydrogen) atoms. The zero-order valence-electron chi connectivity index (χ0n) is 9.63. The van der Waals surface area contributed by atoms with Crippen LogP contribution in [0.25, 0.3) is 0 Å². The summed E-state index contributed by atoms with van der Waals surface area (Å²) in [7, 11) is 0. The van der Waals surface area contributed by atoms with Gasteiger partial charge < -0.3 is 5.32 Å². The standard InChI is InChI=1S/C12H21NO/c1-7(2)12-5-10(12)8(3)11(6-12)13-9(4)14/h7-8,10-11H,5-6H2,1-4H3,(H,13,14)/t8-,10+,11-,12-/m0/s1. The largest absolute Gasteiger partial charge is 0.353 e. The number of carbonyl (C=O) groups excluding carboxylic acids is 1. The summed E-state index contributed by atoms with van der Waals surface area (Å²) >= 11 is 0. The van der Waals surface area contributed by atoms with Crippen LogP contribution in [0.3, 0.4) is 0 Å². The molecule has 2 nitrogen and oxygen atoms in total. The highest BCUT2D eigenvalue weighted by Crippen LogP contribution is 2.69. The maximum absolute atomic E-state index is 11.0.